The Labute approximate surface area is 110 Å². The predicted octanol–water partition coefficient (Wildman–Crippen LogP) is 1.14. The van der Waals surface area contributed by atoms with Crippen LogP contribution in [-0.2, 0) is 14.3 Å². The van der Waals surface area contributed by atoms with Gasteiger partial charge in [-0.25, -0.2) is 0 Å². The fraction of sp³-hybridized carbons (Fsp3) is 0.333. The molecule has 96 valence electrons. The number of nitrogens with zero attached hydrogens (tertiary/aromatic N) is 1. The van der Waals surface area contributed by atoms with E-state index >= 15 is 0 Å². The first-order valence-electron chi connectivity index (χ1n) is 5.60. The Morgan fingerprint density at radius 2 is 1.78 bits per heavy atom. The molecule has 0 aliphatic carbocycles. The first-order chi connectivity index (χ1) is 8.66. The van der Waals surface area contributed by atoms with Gasteiger partial charge in [-0.3, -0.25) is 9.59 Å². The van der Waals surface area contributed by atoms with E-state index in [2.05, 4.69) is 5.32 Å². The molecule has 0 radical (unpaired) electrons. The van der Waals surface area contributed by atoms with Gasteiger partial charge < -0.3 is 15.0 Å². The van der Waals surface area contributed by atoms with Crippen molar-refractivity contribution in [1.29, 1.82) is 0 Å². The molecule has 1 aromatic rings. The molecule has 0 saturated carbocycles. The molecule has 1 fully saturated rings. The Morgan fingerprint density at radius 1 is 1.17 bits per heavy atom. The number of ether oxygens (including phenoxy) is 1. The second-order valence-electron chi connectivity index (χ2n) is 3.87. The van der Waals surface area contributed by atoms with Gasteiger partial charge in [0.25, 0.3) is 0 Å². The lowest BCUT2D eigenvalue weighted by Crippen LogP contribution is -2.45. The van der Waals surface area contributed by atoms with Crippen molar-refractivity contribution in [1.82, 2.24) is 4.90 Å². The summed E-state index contributed by atoms with van der Waals surface area (Å²) in [4.78, 5) is 25.0. The molecule has 2 rings (SSSR count). The summed E-state index contributed by atoms with van der Waals surface area (Å²) in [5.41, 5.74) is 0.547. The number of hydrogen-bond acceptors (Lipinski definition) is 3. The summed E-state index contributed by atoms with van der Waals surface area (Å²) in [5.74, 6) is -1.17. The SMILES string of the molecule is O=C(Nc1ccc(Cl)cc1)C(=O)N1CCOCC1. The van der Waals surface area contributed by atoms with E-state index in [1.807, 2.05) is 0 Å². The molecule has 0 aromatic heterocycles. The maximum atomic E-state index is 11.8. The van der Waals surface area contributed by atoms with Crippen LogP contribution < -0.4 is 5.32 Å². The van der Waals surface area contributed by atoms with Crippen LogP contribution >= 0.6 is 11.6 Å². The number of amides is 2. The molecule has 6 heteroatoms. The molecule has 18 heavy (non-hydrogen) atoms. The summed E-state index contributed by atoms with van der Waals surface area (Å²) in [6, 6.07) is 6.59. The molecular formula is C12H13ClN2O3. The van der Waals surface area contributed by atoms with Gasteiger partial charge in [0.15, 0.2) is 0 Å². The van der Waals surface area contributed by atoms with E-state index in [4.69, 9.17) is 16.3 Å². The molecular weight excluding hydrogens is 256 g/mol. The van der Waals surface area contributed by atoms with Crippen LogP contribution in [0.25, 0.3) is 0 Å². The number of morpholine rings is 1. The highest BCUT2D eigenvalue weighted by molar-refractivity contribution is 6.39. The normalized spacial score (nSPS) is 15.3. The van der Waals surface area contributed by atoms with Crippen molar-refractivity contribution in [2.75, 3.05) is 31.6 Å². The molecule has 2 amide bonds. The maximum Gasteiger partial charge on any atom is 0.313 e. The van der Waals surface area contributed by atoms with Crippen LogP contribution in [0.2, 0.25) is 5.02 Å². The largest absolute Gasteiger partial charge is 0.378 e. The van der Waals surface area contributed by atoms with Gasteiger partial charge in [-0.15, -0.1) is 0 Å². The third-order valence-corrected chi connectivity index (χ3v) is 2.85. The van der Waals surface area contributed by atoms with E-state index in [0.29, 0.717) is 37.0 Å². The lowest BCUT2D eigenvalue weighted by Gasteiger charge is -2.26. The highest BCUT2D eigenvalue weighted by Crippen LogP contribution is 2.13. The van der Waals surface area contributed by atoms with Gasteiger partial charge in [-0.2, -0.15) is 0 Å². The van der Waals surface area contributed by atoms with E-state index < -0.39 is 11.8 Å². The standard InChI is InChI=1S/C12H13ClN2O3/c13-9-1-3-10(4-2-9)14-11(16)12(17)15-5-7-18-8-6-15/h1-4H,5-8H2,(H,14,16). The van der Waals surface area contributed by atoms with Crippen LogP contribution in [0.4, 0.5) is 5.69 Å². The van der Waals surface area contributed by atoms with E-state index in [1.165, 1.54) is 4.90 Å². The molecule has 0 spiro atoms. The molecule has 1 aromatic carbocycles. The zero-order valence-corrected chi connectivity index (χ0v) is 10.4. The van der Waals surface area contributed by atoms with Crippen molar-refractivity contribution >= 4 is 29.1 Å². The van der Waals surface area contributed by atoms with Crippen molar-refractivity contribution in [2.45, 2.75) is 0 Å². The smallest absolute Gasteiger partial charge is 0.313 e. The summed E-state index contributed by atoms with van der Waals surface area (Å²) >= 11 is 5.73. The molecule has 1 aliphatic heterocycles. The van der Waals surface area contributed by atoms with Crippen molar-refractivity contribution in [3.63, 3.8) is 0 Å². The summed E-state index contributed by atoms with van der Waals surface area (Å²) in [6.45, 7) is 1.85. The number of rotatable bonds is 1. The Morgan fingerprint density at radius 3 is 2.39 bits per heavy atom. The summed E-state index contributed by atoms with van der Waals surface area (Å²) in [7, 11) is 0. The highest BCUT2D eigenvalue weighted by Gasteiger charge is 2.23. The van der Waals surface area contributed by atoms with Crippen LogP contribution in [-0.4, -0.2) is 43.0 Å². The number of benzene rings is 1. The summed E-state index contributed by atoms with van der Waals surface area (Å²) in [5, 5.41) is 3.11. The van der Waals surface area contributed by atoms with Crippen molar-refractivity contribution in [3.8, 4) is 0 Å². The summed E-state index contributed by atoms with van der Waals surface area (Å²) < 4.78 is 5.12. The van der Waals surface area contributed by atoms with Crippen LogP contribution in [0.5, 0.6) is 0 Å². The Bertz CT molecular complexity index is 441. The van der Waals surface area contributed by atoms with Gasteiger partial charge in [0.1, 0.15) is 0 Å². The molecule has 1 aliphatic rings. The predicted molar refractivity (Wildman–Crippen MR) is 67.5 cm³/mol. The summed E-state index contributed by atoms with van der Waals surface area (Å²) in [6.07, 6.45) is 0. The third-order valence-electron chi connectivity index (χ3n) is 2.59. The monoisotopic (exact) mass is 268 g/mol. The first kappa shape index (κ1) is 12.9. The van der Waals surface area contributed by atoms with Crippen molar-refractivity contribution in [2.24, 2.45) is 0 Å². The fourth-order valence-electron chi connectivity index (χ4n) is 1.63. The van der Waals surface area contributed by atoms with E-state index in [0.717, 1.165) is 0 Å². The van der Waals surface area contributed by atoms with Crippen molar-refractivity contribution < 1.29 is 14.3 Å². The van der Waals surface area contributed by atoms with E-state index in [1.54, 1.807) is 24.3 Å². The van der Waals surface area contributed by atoms with Crippen LogP contribution in [0.3, 0.4) is 0 Å². The first-order valence-corrected chi connectivity index (χ1v) is 5.98. The topological polar surface area (TPSA) is 58.6 Å². The zero-order valence-electron chi connectivity index (χ0n) is 9.69. The molecule has 1 saturated heterocycles. The minimum absolute atomic E-state index is 0.451. The van der Waals surface area contributed by atoms with Crippen molar-refractivity contribution in [3.05, 3.63) is 29.3 Å². The number of carbonyl (C=O) groups is 2. The lowest BCUT2D eigenvalue weighted by molar-refractivity contribution is -0.145. The average molecular weight is 269 g/mol. The second-order valence-corrected chi connectivity index (χ2v) is 4.30. The zero-order chi connectivity index (χ0) is 13.0. The number of hydrogen-bond donors (Lipinski definition) is 1. The lowest BCUT2D eigenvalue weighted by atomic mass is 10.3. The number of carbonyl (C=O) groups excluding carboxylic acids is 2. The molecule has 1 heterocycles. The van der Waals surface area contributed by atoms with Gasteiger partial charge in [0, 0.05) is 23.8 Å². The Hall–Kier alpha value is -1.59. The molecule has 0 bridgehead atoms. The second kappa shape index (κ2) is 5.84. The van der Waals surface area contributed by atoms with Crippen LogP contribution in [0.1, 0.15) is 0 Å². The van der Waals surface area contributed by atoms with Gasteiger partial charge in [-0.1, -0.05) is 11.6 Å². The molecule has 5 nitrogen and oxygen atoms in total. The van der Waals surface area contributed by atoms with Gasteiger partial charge in [0.2, 0.25) is 0 Å². The number of anilines is 1. The van der Waals surface area contributed by atoms with Gasteiger partial charge in [0.05, 0.1) is 13.2 Å². The fourth-order valence-corrected chi connectivity index (χ4v) is 1.75. The highest BCUT2D eigenvalue weighted by atomic mass is 35.5. The average Bonchev–Trinajstić information content (AvgIpc) is 2.41. The quantitative estimate of drug-likeness (QED) is 0.777. The Kier molecular flexibility index (Phi) is 4.17. The van der Waals surface area contributed by atoms with Gasteiger partial charge >= 0.3 is 11.8 Å². The molecule has 0 atom stereocenters. The Balaban J connectivity index is 1.94. The van der Waals surface area contributed by atoms with Crippen LogP contribution in [0, 0.1) is 0 Å². The minimum Gasteiger partial charge on any atom is -0.378 e. The van der Waals surface area contributed by atoms with Gasteiger partial charge in [-0.05, 0) is 24.3 Å². The third kappa shape index (κ3) is 3.21. The van der Waals surface area contributed by atoms with E-state index in [-0.39, 0.29) is 0 Å². The van der Waals surface area contributed by atoms with Crippen LogP contribution in [0.15, 0.2) is 24.3 Å². The van der Waals surface area contributed by atoms with E-state index in [9.17, 15) is 9.59 Å². The number of halogens is 1. The molecule has 0 unspecified atom stereocenters. The number of nitrogens with one attached hydrogen (secondary N) is 1. The molecule has 1 N–H and O–H groups in total. The maximum absolute atomic E-state index is 11.8. The minimum atomic E-state index is -0.640.